The topological polar surface area (TPSA) is 72.9 Å². The zero-order valence-corrected chi connectivity index (χ0v) is 36.8. The molecule has 1 heterocycles. The standard InChI is InChI=1S/C11H12BrNO2.C7H7ClO3S.H14P12/c1-15-11(14)8-6-13(7-8)10-4-2-3-9(12)5-10;1-11-6-2-4-7(5-3-6)12(8,9)10;1-8(2)11(7)12(9(3)4)10(5)6/h2-5,8H,6-7H2,1H3;2-5H,1H3;1-7H2. The summed E-state index contributed by atoms with van der Waals surface area (Å²) in [4.78, 5) is 13.4. The monoisotopic (exact) mass is 861 g/mol. The average molecular weight is 863 g/mol. The van der Waals surface area contributed by atoms with Gasteiger partial charge in [-0.25, -0.2) is 8.42 Å². The van der Waals surface area contributed by atoms with Gasteiger partial charge in [-0.1, -0.05) is 22.0 Å². The van der Waals surface area contributed by atoms with Crippen LogP contribution in [-0.4, -0.2) is 41.7 Å². The molecule has 21 heteroatoms. The van der Waals surface area contributed by atoms with Crippen LogP contribution in [0.4, 0.5) is 5.69 Å². The summed E-state index contributed by atoms with van der Waals surface area (Å²) in [6, 6.07) is 13.9. The van der Waals surface area contributed by atoms with Crippen LogP contribution in [0.1, 0.15) is 0 Å². The van der Waals surface area contributed by atoms with Gasteiger partial charge < -0.3 is 14.4 Å². The zero-order valence-electron chi connectivity index (χ0n) is 21.0. The number of carbonyl (C=O) groups is 1. The van der Waals surface area contributed by atoms with Crippen molar-refractivity contribution in [3.63, 3.8) is 0 Å². The van der Waals surface area contributed by atoms with Gasteiger partial charge in [0.25, 0.3) is 9.05 Å². The number of hydrogen-bond donors (Lipinski definition) is 0. The summed E-state index contributed by atoms with van der Waals surface area (Å²) < 4.78 is 32.1. The van der Waals surface area contributed by atoms with Crippen molar-refractivity contribution in [2.45, 2.75) is 4.90 Å². The van der Waals surface area contributed by atoms with E-state index < -0.39 is 9.05 Å². The van der Waals surface area contributed by atoms with Crippen molar-refractivity contribution in [2.75, 3.05) is 32.2 Å². The van der Waals surface area contributed by atoms with Crippen molar-refractivity contribution in [2.24, 2.45) is 5.92 Å². The van der Waals surface area contributed by atoms with Gasteiger partial charge in [-0.3, -0.25) is 4.79 Å². The minimum atomic E-state index is -3.61. The van der Waals surface area contributed by atoms with E-state index in [2.05, 4.69) is 88.1 Å². The highest BCUT2D eigenvalue weighted by Gasteiger charge is 2.33. The Balaban J connectivity index is 0.000000296. The highest BCUT2D eigenvalue weighted by molar-refractivity contribution is 9.21. The minimum absolute atomic E-state index is 0.0361. The van der Waals surface area contributed by atoms with E-state index in [1.165, 1.54) is 38.5 Å². The first-order chi connectivity index (χ1) is 18.1. The normalized spacial score (nSPS) is 14.3. The fourth-order valence-corrected chi connectivity index (χ4v) is 106. The number of carbonyl (C=O) groups excluding carboxylic acids is 1. The predicted octanol–water partition coefficient (Wildman–Crippen LogP) is 10.3. The van der Waals surface area contributed by atoms with Crippen LogP contribution in [0.15, 0.2) is 57.9 Å². The van der Waals surface area contributed by atoms with Gasteiger partial charge in [0, 0.05) is 33.9 Å². The maximum atomic E-state index is 11.2. The highest BCUT2D eigenvalue weighted by atomic mass is 79.9. The molecule has 220 valence electrons. The fourth-order valence-electron chi connectivity index (χ4n) is 2.84. The Bertz CT molecular complexity index is 1140. The molecule has 0 aromatic heterocycles. The van der Waals surface area contributed by atoms with E-state index in [0.29, 0.717) is 5.75 Å². The van der Waals surface area contributed by atoms with E-state index in [0.717, 1.165) is 23.2 Å². The Morgan fingerprint density at radius 2 is 1.49 bits per heavy atom. The summed E-state index contributed by atoms with van der Waals surface area (Å²) >= 11 is 3.42. The van der Waals surface area contributed by atoms with E-state index >= 15 is 0 Å². The van der Waals surface area contributed by atoms with Crippen molar-refractivity contribution >= 4 is 145 Å². The molecule has 0 bridgehead atoms. The highest BCUT2D eigenvalue weighted by Crippen LogP contribution is 3.16. The smallest absolute Gasteiger partial charge is 0.312 e. The Kier molecular flexibility index (Phi) is 21.2. The van der Waals surface area contributed by atoms with Crippen LogP contribution in [0.25, 0.3) is 0 Å². The number of rotatable bonds is 8. The molecule has 0 saturated carbocycles. The van der Waals surface area contributed by atoms with Crippen LogP contribution in [-0.2, 0) is 18.6 Å². The summed E-state index contributed by atoms with van der Waals surface area (Å²) in [5.74, 6) is 0.522. The lowest BCUT2D eigenvalue weighted by Gasteiger charge is -2.39. The lowest BCUT2D eigenvalue weighted by atomic mass is 9.99. The molecule has 8 atom stereocenters. The minimum Gasteiger partial charge on any atom is -0.497 e. The number of ether oxygens (including phenoxy) is 2. The lowest BCUT2D eigenvalue weighted by Crippen LogP contribution is -2.50. The molecule has 1 aliphatic rings. The third-order valence-corrected chi connectivity index (χ3v) is 73.3. The molecule has 0 aliphatic carbocycles. The Morgan fingerprint density at radius 1 is 0.949 bits per heavy atom. The first-order valence-corrected chi connectivity index (χ1v) is 34.5. The van der Waals surface area contributed by atoms with Gasteiger partial charge in [0.1, 0.15) is 5.75 Å². The van der Waals surface area contributed by atoms with Gasteiger partial charge in [-0.05, 0) is 77.4 Å². The van der Waals surface area contributed by atoms with Crippen LogP contribution in [0, 0.1) is 5.92 Å². The third-order valence-electron chi connectivity index (χ3n) is 4.76. The second-order valence-corrected chi connectivity index (χ2v) is 55.9. The van der Waals surface area contributed by atoms with Crippen molar-refractivity contribution in [3.05, 3.63) is 53.0 Å². The van der Waals surface area contributed by atoms with Gasteiger partial charge in [0.05, 0.1) is 25.0 Å². The maximum Gasteiger partial charge on any atom is 0.312 e. The molecule has 0 radical (unpaired) electrons. The molecule has 0 amide bonds. The van der Waals surface area contributed by atoms with Gasteiger partial charge >= 0.3 is 5.97 Å². The second kappa shape index (κ2) is 20.5. The molecule has 0 spiro atoms. The third kappa shape index (κ3) is 15.0. The number of hydrogen-bond acceptors (Lipinski definition) is 6. The van der Waals surface area contributed by atoms with E-state index in [-0.39, 0.29) is 51.7 Å². The summed E-state index contributed by atoms with van der Waals surface area (Å²) in [6.07, 6.45) is 0. The van der Waals surface area contributed by atoms with Crippen LogP contribution in [0.2, 0.25) is 0 Å². The maximum absolute atomic E-state index is 11.2. The molecule has 2 aromatic rings. The largest absolute Gasteiger partial charge is 0.497 e. The van der Waals surface area contributed by atoms with E-state index in [9.17, 15) is 13.2 Å². The Morgan fingerprint density at radius 3 is 1.85 bits per heavy atom. The molecule has 3 rings (SSSR count). The van der Waals surface area contributed by atoms with Crippen molar-refractivity contribution < 1.29 is 22.7 Å². The molecule has 1 aliphatic heterocycles. The van der Waals surface area contributed by atoms with E-state index in [1.54, 1.807) is 0 Å². The Labute approximate surface area is 267 Å². The fraction of sp³-hybridized carbons (Fsp3) is 0.278. The number of esters is 1. The van der Waals surface area contributed by atoms with E-state index in [1.807, 2.05) is 24.3 Å². The quantitative estimate of drug-likeness (QED) is 0.150. The molecule has 1 saturated heterocycles. The van der Waals surface area contributed by atoms with Crippen molar-refractivity contribution in [1.29, 1.82) is 0 Å². The van der Waals surface area contributed by atoms with Gasteiger partial charge in [0.15, 0.2) is 0 Å². The molecule has 2 aromatic carbocycles. The molecule has 1 fully saturated rings. The molecular formula is C18H33BrClNO5P12S. The first-order valence-electron chi connectivity index (χ1n) is 10.5. The molecule has 0 N–H and O–H groups in total. The number of benzene rings is 2. The first kappa shape index (κ1) is 40.4. The van der Waals surface area contributed by atoms with Crippen molar-refractivity contribution in [3.8, 4) is 5.75 Å². The average Bonchev–Trinajstić information content (AvgIpc) is 2.83. The lowest BCUT2D eigenvalue weighted by molar-refractivity contribution is -0.146. The van der Waals surface area contributed by atoms with Gasteiger partial charge in [-0.2, -0.15) is 0 Å². The van der Waals surface area contributed by atoms with Crippen LogP contribution in [0.3, 0.4) is 0 Å². The summed E-state index contributed by atoms with van der Waals surface area (Å²) in [7, 11) is 25.4. The number of halogens is 2. The summed E-state index contributed by atoms with van der Waals surface area (Å²) in [5.41, 5.74) is 1.14. The summed E-state index contributed by atoms with van der Waals surface area (Å²) in [5, 5.41) is 0. The van der Waals surface area contributed by atoms with E-state index in [4.69, 9.17) is 15.4 Å². The molecule has 6 nitrogen and oxygen atoms in total. The zero-order chi connectivity index (χ0) is 29.9. The summed E-state index contributed by atoms with van der Waals surface area (Å²) in [6.45, 7) is 2.21. The van der Waals surface area contributed by atoms with Crippen molar-refractivity contribution in [1.82, 2.24) is 0 Å². The second-order valence-electron chi connectivity index (χ2n) is 7.45. The molecule has 39 heavy (non-hydrogen) atoms. The molecule has 8 unspecified atom stereocenters. The number of anilines is 1. The van der Waals surface area contributed by atoms with Crippen LogP contribution < -0.4 is 9.64 Å². The van der Waals surface area contributed by atoms with Gasteiger partial charge in [-0.15, -0.1) is 62.5 Å². The predicted molar refractivity (Wildman–Crippen MR) is 210 cm³/mol. The van der Waals surface area contributed by atoms with Crippen LogP contribution >= 0.6 is 124 Å². The number of nitrogens with zero attached hydrogens (tertiary/aromatic N) is 1. The van der Waals surface area contributed by atoms with Gasteiger partial charge in [0.2, 0.25) is 0 Å². The molecular weight excluding hydrogens is 829 g/mol. The van der Waals surface area contributed by atoms with Crippen LogP contribution in [0.5, 0.6) is 5.75 Å². The Hall–Kier alpha value is 3.39. The number of methoxy groups -OCH3 is 2. The SMILES string of the molecule is COC(=O)C1CN(c2cccc(Br)c2)C1.COc1ccc(S(=O)(=O)Cl)cc1.PP(P)P(P)P(P(P)P)P(P)P.